The van der Waals surface area contributed by atoms with Crippen LogP contribution in [0, 0.1) is 0 Å². The van der Waals surface area contributed by atoms with Gasteiger partial charge in [-0.25, -0.2) is 0 Å². The van der Waals surface area contributed by atoms with E-state index in [-0.39, 0.29) is 36.0 Å². The van der Waals surface area contributed by atoms with E-state index in [0.717, 1.165) is 38.8 Å². The molecule has 4 rings (SSSR count). The molecule has 0 spiro atoms. The van der Waals surface area contributed by atoms with Crippen molar-refractivity contribution in [2.75, 3.05) is 39.8 Å². The number of fused-ring (bicyclic) bond motifs is 1. The molecular weight excluding hydrogens is 384 g/mol. The number of likely N-dealkylation sites (N-methyl/N-ethyl adjacent to an activating group) is 2. The molecule has 3 amide bonds. The standard InChI is InChI=1S/C21H32N6O3/c1-4-26-19(29)17-13-16(18(28)25-11-9-24(3)10-12-25)23-27(17)14-21(26,2)20(30)22-15-7-5-6-8-15/h13,15H,4-12,14H2,1-3H3,(H,22,30). The Morgan fingerprint density at radius 3 is 2.50 bits per heavy atom. The van der Waals surface area contributed by atoms with Crippen LogP contribution in [0.25, 0.3) is 0 Å². The minimum atomic E-state index is -1.03. The second kappa shape index (κ2) is 8.02. The minimum Gasteiger partial charge on any atom is -0.351 e. The summed E-state index contributed by atoms with van der Waals surface area (Å²) < 4.78 is 1.55. The fraction of sp³-hybridized carbons (Fsp3) is 0.714. The summed E-state index contributed by atoms with van der Waals surface area (Å²) in [6, 6.07) is 1.76. The molecule has 3 aliphatic rings. The summed E-state index contributed by atoms with van der Waals surface area (Å²) in [5, 5.41) is 7.59. The van der Waals surface area contributed by atoms with Crippen LogP contribution >= 0.6 is 0 Å². The van der Waals surface area contributed by atoms with Crippen molar-refractivity contribution in [2.45, 2.75) is 57.7 Å². The molecule has 0 radical (unpaired) electrons. The molecule has 9 heteroatoms. The van der Waals surface area contributed by atoms with Crippen LogP contribution in [0.15, 0.2) is 6.07 Å². The molecule has 1 atom stereocenters. The molecule has 1 aliphatic carbocycles. The van der Waals surface area contributed by atoms with Crippen molar-refractivity contribution in [3.05, 3.63) is 17.5 Å². The molecule has 30 heavy (non-hydrogen) atoms. The van der Waals surface area contributed by atoms with Gasteiger partial charge in [0.15, 0.2) is 5.69 Å². The van der Waals surface area contributed by atoms with Crippen molar-refractivity contribution < 1.29 is 14.4 Å². The van der Waals surface area contributed by atoms with Gasteiger partial charge in [0.25, 0.3) is 11.8 Å². The predicted molar refractivity (Wildman–Crippen MR) is 111 cm³/mol. The summed E-state index contributed by atoms with van der Waals surface area (Å²) in [7, 11) is 2.03. The van der Waals surface area contributed by atoms with Gasteiger partial charge in [-0.1, -0.05) is 12.8 Å². The van der Waals surface area contributed by atoms with Gasteiger partial charge in [-0.2, -0.15) is 5.10 Å². The summed E-state index contributed by atoms with van der Waals surface area (Å²) in [4.78, 5) is 44.9. The Hall–Kier alpha value is -2.42. The molecule has 0 aromatic carbocycles. The first kappa shape index (κ1) is 20.8. The van der Waals surface area contributed by atoms with Crippen LogP contribution in [-0.2, 0) is 11.3 Å². The number of rotatable bonds is 4. The Bertz CT molecular complexity index is 838. The Balaban J connectivity index is 1.57. The van der Waals surface area contributed by atoms with Crippen molar-refractivity contribution in [3.63, 3.8) is 0 Å². The second-order valence-corrected chi connectivity index (χ2v) is 8.95. The lowest BCUT2D eigenvalue weighted by molar-refractivity contribution is -0.133. The molecule has 9 nitrogen and oxygen atoms in total. The first-order valence-corrected chi connectivity index (χ1v) is 11.0. The van der Waals surface area contributed by atoms with Crippen molar-refractivity contribution in [1.82, 2.24) is 29.8 Å². The van der Waals surface area contributed by atoms with Gasteiger partial charge in [0.05, 0.1) is 6.54 Å². The number of piperazine rings is 1. The summed E-state index contributed by atoms with van der Waals surface area (Å²) in [6.07, 6.45) is 4.22. The monoisotopic (exact) mass is 416 g/mol. The van der Waals surface area contributed by atoms with Crippen molar-refractivity contribution in [2.24, 2.45) is 0 Å². The SMILES string of the molecule is CCN1C(=O)c2cc(C(=O)N3CCN(C)CC3)nn2CC1(C)C(=O)NC1CCCC1. The first-order chi connectivity index (χ1) is 14.3. The molecular formula is C21H32N6O3. The third-order valence-corrected chi connectivity index (χ3v) is 6.80. The highest BCUT2D eigenvalue weighted by atomic mass is 16.2. The van der Waals surface area contributed by atoms with Crippen molar-refractivity contribution >= 4 is 17.7 Å². The lowest BCUT2D eigenvalue weighted by Gasteiger charge is -2.43. The molecule has 1 aromatic rings. The first-order valence-electron chi connectivity index (χ1n) is 11.0. The van der Waals surface area contributed by atoms with Gasteiger partial charge < -0.3 is 20.0 Å². The third-order valence-electron chi connectivity index (χ3n) is 6.80. The van der Waals surface area contributed by atoms with Crippen LogP contribution in [0.4, 0.5) is 0 Å². The highest BCUT2D eigenvalue weighted by Crippen LogP contribution is 2.29. The number of hydrogen-bond acceptors (Lipinski definition) is 5. The molecule has 2 fully saturated rings. The molecule has 1 saturated carbocycles. The third kappa shape index (κ3) is 3.59. The zero-order chi connectivity index (χ0) is 21.5. The Morgan fingerprint density at radius 1 is 1.20 bits per heavy atom. The number of aromatic nitrogens is 2. The minimum absolute atomic E-state index is 0.141. The molecule has 1 N–H and O–H groups in total. The fourth-order valence-corrected chi connectivity index (χ4v) is 4.82. The molecule has 1 aromatic heterocycles. The van der Waals surface area contributed by atoms with Gasteiger partial charge in [0.1, 0.15) is 11.2 Å². The topological polar surface area (TPSA) is 90.8 Å². The van der Waals surface area contributed by atoms with Gasteiger partial charge >= 0.3 is 0 Å². The maximum Gasteiger partial charge on any atom is 0.274 e. The van der Waals surface area contributed by atoms with E-state index in [2.05, 4.69) is 15.3 Å². The Labute approximate surface area is 177 Å². The van der Waals surface area contributed by atoms with Crippen molar-refractivity contribution in [3.8, 4) is 0 Å². The van der Waals surface area contributed by atoms with E-state index in [9.17, 15) is 14.4 Å². The van der Waals surface area contributed by atoms with Gasteiger partial charge in [0.2, 0.25) is 5.91 Å². The van der Waals surface area contributed by atoms with Gasteiger partial charge in [-0.3, -0.25) is 19.1 Å². The van der Waals surface area contributed by atoms with E-state index in [0.29, 0.717) is 25.3 Å². The van der Waals surface area contributed by atoms with Crippen LogP contribution < -0.4 is 5.32 Å². The molecule has 2 aliphatic heterocycles. The lowest BCUT2D eigenvalue weighted by Crippen LogP contribution is -2.64. The van der Waals surface area contributed by atoms with E-state index in [1.165, 1.54) is 0 Å². The van der Waals surface area contributed by atoms with Crippen LogP contribution in [-0.4, -0.2) is 93.6 Å². The number of nitrogens with zero attached hydrogens (tertiary/aromatic N) is 5. The van der Waals surface area contributed by atoms with Crippen molar-refractivity contribution in [1.29, 1.82) is 0 Å². The van der Waals surface area contributed by atoms with E-state index in [1.54, 1.807) is 27.5 Å². The maximum absolute atomic E-state index is 13.2. The summed E-state index contributed by atoms with van der Waals surface area (Å²) in [5.74, 6) is -0.548. The number of hydrogen-bond donors (Lipinski definition) is 1. The van der Waals surface area contributed by atoms with E-state index >= 15 is 0 Å². The van der Waals surface area contributed by atoms with Crippen LogP contribution in [0.5, 0.6) is 0 Å². The normalized spacial score (nSPS) is 25.5. The maximum atomic E-state index is 13.2. The summed E-state index contributed by atoms with van der Waals surface area (Å²) in [6.45, 7) is 7.27. The molecule has 3 heterocycles. The molecule has 0 bridgehead atoms. The average Bonchev–Trinajstić information content (AvgIpc) is 3.38. The fourth-order valence-electron chi connectivity index (χ4n) is 4.82. The zero-order valence-electron chi connectivity index (χ0n) is 18.2. The van der Waals surface area contributed by atoms with Gasteiger partial charge in [0, 0.05) is 44.8 Å². The number of amides is 3. The van der Waals surface area contributed by atoms with Crippen LogP contribution in [0.2, 0.25) is 0 Å². The van der Waals surface area contributed by atoms with Gasteiger partial charge in [-0.15, -0.1) is 0 Å². The smallest absolute Gasteiger partial charge is 0.274 e. The zero-order valence-corrected chi connectivity index (χ0v) is 18.2. The average molecular weight is 417 g/mol. The number of carbonyl (C=O) groups excluding carboxylic acids is 3. The Kier molecular flexibility index (Phi) is 5.57. The number of nitrogens with one attached hydrogen (secondary N) is 1. The molecule has 1 saturated heterocycles. The summed E-state index contributed by atoms with van der Waals surface area (Å²) in [5.41, 5.74) is -0.374. The highest BCUT2D eigenvalue weighted by molar-refractivity contribution is 6.02. The van der Waals surface area contributed by atoms with Crippen LogP contribution in [0.3, 0.4) is 0 Å². The van der Waals surface area contributed by atoms with E-state index in [1.807, 2.05) is 14.0 Å². The predicted octanol–water partition coefficient (Wildman–Crippen LogP) is 0.564. The molecule has 164 valence electrons. The van der Waals surface area contributed by atoms with Gasteiger partial charge in [-0.05, 0) is 33.7 Å². The van der Waals surface area contributed by atoms with E-state index < -0.39 is 5.54 Å². The summed E-state index contributed by atoms with van der Waals surface area (Å²) >= 11 is 0. The van der Waals surface area contributed by atoms with Crippen LogP contribution in [0.1, 0.15) is 60.5 Å². The van der Waals surface area contributed by atoms with E-state index in [4.69, 9.17) is 0 Å². The molecule has 1 unspecified atom stereocenters. The quantitative estimate of drug-likeness (QED) is 0.775. The second-order valence-electron chi connectivity index (χ2n) is 8.95. The highest BCUT2D eigenvalue weighted by Gasteiger charge is 2.48. The Morgan fingerprint density at radius 2 is 1.87 bits per heavy atom. The lowest BCUT2D eigenvalue weighted by atomic mass is 9.94. The largest absolute Gasteiger partial charge is 0.351 e. The number of carbonyl (C=O) groups is 3.